The summed E-state index contributed by atoms with van der Waals surface area (Å²) in [5.74, 6) is 0.361. The summed E-state index contributed by atoms with van der Waals surface area (Å²) in [6.45, 7) is 6.33. The second kappa shape index (κ2) is 8.87. The lowest BCUT2D eigenvalue weighted by Gasteiger charge is -2.11. The summed E-state index contributed by atoms with van der Waals surface area (Å²) in [6.07, 6.45) is 0.429. The van der Waals surface area contributed by atoms with Crippen molar-refractivity contribution in [2.45, 2.75) is 33.7 Å². The smallest absolute Gasteiger partial charge is 0.258 e. The first-order valence-electron chi connectivity index (χ1n) is 8.34. The molecule has 0 fully saturated rings. The zero-order valence-corrected chi connectivity index (χ0v) is 14.9. The van der Waals surface area contributed by atoms with Crippen LogP contribution in [0.5, 0.6) is 5.75 Å². The van der Waals surface area contributed by atoms with Crippen LogP contribution in [0.4, 0.5) is 5.69 Å². The molecule has 0 bridgehead atoms. The highest BCUT2D eigenvalue weighted by atomic mass is 16.5. The molecule has 132 valence electrons. The van der Waals surface area contributed by atoms with Crippen LogP contribution in [0.1, 0.15) is 30.0 Å². The van der Waals surface area contributed by atoms with Gasteiger partial charge in [0.2, 0.25) is 5.91 Å². The third kappa shape index (κ3) is 5.64. The Morgan fingerprint density at radius 3 is 2.40 bits per heavy atom. The van der Waals surface area contributed by atoms with Crippen molar-refractivity contribution in [3.05, 3.63) is 59.2 Å². The molecular formula is C20H24N2O3. The van der Waals surface area contributed by atoms with Crippen molar-refractivity contribution < 1.29 is 14.3 Å². The van der Waals surface area contributed by atoms with Gasteiger partial charge in [-0.3, -0.25) is 9.59 Å². The van der Waals surface area contributed by atoms with E-state index in [9.17, 15) is 9.59 Å². The maximum absolute atomic E-state index is 11.9. The number of ether oxygens (including phenoxy) is 1. The SMILES string of the molecule is CCC(=O)Nc1ccc(OCC(=O)NCc2cccc(C)c2C)cc1. The number of hydrogen-bond donors (Lipinski definition) is 2. The maximum atomic E-state index is 11.9. The molecule has 5 nitrogen and oxygen atoms in total. The Labute approximate surface area is 148 Å². The van der Waals surface area contributed by atoms with Gasteiger partial charge in [0, 0.05) is 18.7 Å². The molecule has 0 unspecified atom stereocenters. The number of nitrogens with one attached hydrogen (secondary N) is 2. The maximum Gasteiger partial charge on any atom is 0.258 e. The quantitative estimate of drug-likeness (QED) is 0.812. The molecule has 0 aliphatic carbocycles. The third-order valence-corrected chi connectivity index (χ3v) is 4.02. The molecule has 5 heteroatoms. The van der Waals surface area contributed by atoms with Crippen LogP contribution in [0, 0.1) is 13.8 Å². The minimum absolute atomic E-state index is 0.0421. The summed E-state index contributed by atoms with van der Waals surface area (Å²) in [4.78, 5) is 23.3. The van der Waals surface area contributed by atoms with E-state index in [1.807, 2.05) is 19.1 Å². The molecule has 0 aliphatic heterocycles. The van der Waals surface area contributed by atoms with Gasteiger partial charge < -0.3 is 15.4 Å². The molecule has 2 rings (SSSR count). The highest BCUT2D eigenvalue weighted by molar-refractivity contribution is 5.90. The van der Waals surface area contributed by atoms with Crippen LogP contribution < -0.4 is 15.4 Å². The topological polar surface area (TPSA) is 67.4 Å². The fraction of sp³-hybridized carbons (Fsp3) is 0.300. The molecule has 2 aromatic carbocycles. The van der Waals surface area contributed by atoms with Crippen molar-refractivity contribution in [3.8, 4) is 5.75 Å². The number of carbonyl (C=O) groups is 2. The van der Waals surface area contributed by atoms with Gasteiger partial charge in [0.15, 0.2) is 6.61 Å². The van der Waals surface area contributed by atoms with Crippen molar-refractivity contribution in [2.75, 3.05) is 11.9 Å². The standard InChI is InChI=1S/C20H24N2O3/c1-4-19(23)22-17-8-10-18(11-9-17)25-13-20(24)21-12-16-7-5-6-14(2)15(16)3/h5-11H,4,12-13H2,1-3H3,(H,21,24)(H,22,23). The Hall–Kier alpha value is -2.82. The van der Waals surface area contributed by atoms with Crippen LogP contribution in [-0.2, 0) is 16.1 Å². The minimum atomic E-state index is -0.177. The van der Waals surface area contributed by atoms with Crippen LogP contribution in [0.2, 0.25) is 0 Å². The molecule has 0 radical (unpaired) electrons. The number of rotatable bonds is 7. The van der Waals surface area contributed by atoms with Crippen LogP contribution in [0.25, 0.3) is 0 Å². The Morgan fingerprint density at radius 1 is 1.00 bits per heavy atom. The Kier molecular flexibility index (Phi) is 6.57. The van der Waals surface area contributed by atoms with Gasteiger partial charge in [0.25, 0.3) is 5.91 Å². The highest BCUT2D eigenvalue weighted by Crippen LogP contribution is 2.16. The summed E-state index contributed by atoms with van der Waals surface area (Å²) in [5, 5.41) is 5.62. The van der Waals surface area contributed by atoms with E-state index in [4.69, 9.17) is 4.74 Å². The third-order valence-electron chi connectivity index (χ3n) is 4.02. The van der Waals surface area contributed by atoms with Crippen LogP contribution in [0.15, 0.2) is 42.5 Å². The normalized spacial score (nSPS) is 10.2. The lowest BCUT2D eigenvalue weighted by molar-refractivity contribution is -0.123. The summed E-state index contributed by atoms with van der Waals surface area (Å²) < 4.78 is 5.47. The second-order valence-corrected chi connectivity index (χ2v) is 5.85. The minimum Gasteiger partial charge on any atom is -0.484 e. The summed E-state index contributed by atoms with van der Waals surface area (Å²) in [6, 6.07) is 13.0. The number of aryl methyl sites for hydroxylation is 1. The predicted octanol–water partition coefficient (Wildman–Crippen LogP) is 3.35. The van der Waals surface area contributed by atoms with E-state index < -0.39 is 0 Å². The molecule has 2 amide bonds. The first kappa shape index (κ1) is 18.5. The molecule has 2 aromatic rings. The molecule has 0 saturated heterocycles. The van der Waals surface area contributed by atoms with Gasteiger partial charge in [0.1, 0.15) is 5.75 Å². The van der Waals surface area contributed by atoms with E-state index in [0.29, 0.717) is 24.4 Å². The van der Waals surface area contributed by atoms with Gasteiger partial charge >= 0.3 is 0 Å². The van der Waals surface area contributed by atoms with Crippen molar-refractivity contribution in [3.63, 3.8) is 0 Å². The molecular weight excluding hydrogens is 316 g/mol. The Bertz CT molecular complexity index is 739. The monoisotopic (exact) mass is 340 g/mol. The summed E-state index contributed by atoms with van der Waals surface area (Å²) in [5.41, 5.74) is 4.20. The highest BCUT2D eigenvalue weighted by Gasteiger charge is 2.06. The van der Waals surface area contributed by atoms with E-state index in [1.54, 1.807) is 31.2 Å². The largest absolute Gasteiger partial charge is 0.484 e. The molecule has 0 atom stereocenters. The van der Waals surface area contributed by atoms with Crippen molar-refractivity contribution in [1.29, 1.82) is 0 Å². The van der Waals surface area contributed by atoms with Gasteiger partial charge in [-0.25, -0.2) is 0 Å². The van der Waals surface area contributed by atoms with Gasteiger partial charge in [-0.15, -0.1) is 0 Å². The van der Waals surface area contributed by atoms with Crippen LogP contribution >= 0.6 is 0 Å². The molecule has 2 N–H and O–H groups in total. The molecule has 0 aromatic heterocycles. The molecule has 25 heavy (non-hydrogen) atoms. The summed E-state index contributed by atoms with van der Waals surface area (Å²) >= 11 is 0. The molecule has 0 spiro atoms. The predicted molar refractivity (Wildman–Crippen MR) is 98.6 cm³/mol. The lowest BCUT2D eigenvalue weighted by Crippen LogP contribution is -2.28. The lowest BCUT2D eigenvalue weighted by atomic mass is 10.0. The van der Waals surface area contributed by atoms with Crippen molar-refractivity contribution >= 4 is 17.5 Å². The number of anilines is 1. The zero-order chi connectivity index (χ0) is 18.2. The van der Waals surface area contributed by atoms with E-state index >= 15 is 0 Å². The average molecular weight is 340 g/mol. The summed E-state index contributed by atoms with van der Waals surface area (Å²) in [7, 11) is 0. The first-order chi connectivity index (χ1) is 12.0. The van der Waals surface area contributed by atoms with Gasteiger partial charge in [-0.2, -0.15) is 0 Å². The zero-order valence-electron chi connectivity index (χ0n) is 14.9. The van der Waals surface area contributed by atoms with E-state index in [-0.39, 0.29) is 18.4 Å². The first-order valence-corrected chi connectivity index (χ1v) is 8.34. The molecule has 0 aliphatic rings. The van der Waals surface area contributed by atoms with Gasteiger partial charge in [0.05, 0.1) is 0 Å². The molecule has 0 heterocycles. The fourth-order valence-corrected chi connectivity index (χ4v) is 2.28. The fourth-order valence-electron chi connectivity index (χ4n) is 2.28. The number of amides is 2. The van der Waals surface area contributed by atoms with Crippen LogP contribution in [-0.4, -0.2) is 18.4 Å². The number of benzene rings is 2. The van der Waals surface area contributed by atoms with Crippen molar-refractivity contribution in [2.24, 2.45) is 0 Å². The van der Waals surface area contributed by atoms with Crippen LogP contribution in [0.3, 0.4) is 0 Å². The van der Waals surface area contributed by atoms with E-state index in [1.165, 1.54) is 11.1 Å². The number of carbonyl (C=O) groups excluding carboxylic acids is 2. The Balaban J connectivity index is 1.79. The van der Waals surface area contributed by atoms with Gasteiger partial charge in [-0.1, -0.05) is 25.1 Å². The second-order valence-electron chi connectivity index (χ2n) is 5.85. The number of hydrogen-bond acceptors (Lipinski definition) is 3. The molecule has 0 saturated carbocycles. The van der Waals surface area contributed by atoms with Gasteiger partial charge in [-0.05, 0) is 54.8 Å². The van der Waals surface area contributed by atoms with Crippen molar-refractivity contribution in [1.82, 2.24) is 5.32 Å². The van der Waals surface area contributed by atoms with E-state index in [0.717, 1.165) is 5.56 Å². The Morgan fingerprint density at radius 2 is 1.72 bits per heavy atom. The van der Waals surface area contributed by atoms with E-state index in [2.05, 4.69) is 23.6 Å². The average Bonchev–Trinajstić information content (AvgIpc) is 2.62.